The van der Waals surface area contributed by atoms with E-state index in [2.05, 4.69) is 10.1 Å². The summed E-state index contributed by atoms with van der Waals surface area (Å²) in [6.45, 7) is 3.15. The van der Waals surface area contributed by atoms with Gasteiger partial charge in [0.05, 0.1) is 10.9 Å². The molecular weight excluding hydrogens is 365 g/mol. The summed E-state index contributed by atoms with van der Waals surface area (Å²) in [4.78, 5) is 7.29. The molecule has 0 amide bonds. The molecule has 0 bridgehead atoms. The van der Waals surface area contributed by atoms with E-state index in [1.807, 2.05) is 4.90 Å². The lowest BCUT2D eigenvalue weighted by molar-refractivity contribution is 0.186. The molecule has 1 unspecified atom stereocenters. The second-order valence-corrected chi connectivity index (χ2v) is 7.45. The van der Waals surface area contributed by atoms with Crippen LogP contribution in [0.4, 0.5) is 13.2 Å². The van der Waals surface area contributed by atoms with Crippen molar-refractivity contribution in [1.29, 1.82) is 0 Å². The number of rotatable bonds is 3. The van der Waals surface area contributed by atoms with Gasteiger partial charge in [0.25, 0.3) is 0 Å². The van der Waals surface area contributed by atoms with Crippen LogP contribution in [-0.2, 0) is 0 Å². The lowest BCUT2D eigenvalue weighted by Gasteiger charge is -2.34. The molecule has 3 aromatic rings. The number of nitrogens with zero attached hydrogens (tertiary/aromatic N) is 4. The zero-order valence-corrected chi connectivity index (χ0v) is 14.9. The topological polar surface area (TPSA) is 53.7 Å². The van der Waals surface area contributed by atoms with Crippen molar-refractivity contribution in [3.05, 3.63) is 45.8 Å². The van der Waals surface area contributed by atoms with Crippen molar-refractivity contribution in [2.75, 3.05) is 13.1 Å². The van der Waals surface area contributed by atoms with E-state index in [9.17, 15) is 18.3 Å². The maximum Gasteiger partial charge on any atom is 0.230 e. The van der Waals surface area contributed by atoms with E-state index in [-0.39, 0.29) is 11.4 Å². The molecule has 0 saturated carbocycles. The summed E-state index contributed by atoms with van der Waals surface area (Å²) in [5, 5.41) is 14.8. The lowest BCUT2D eigenvalue weighted by atomic mass is 10.00. The largest absolute Gasteiger partial charge is 0.492 e. The summed E-state index contributed by atoms with van der Waals surface area (Å²) in [5.74, 6) is -3.56. The number of fused-ring (bicyclic) bond motifs is 1. The van der Waals surface area contributed by atoms with Crippen molar-refractivity contribution >= 4 is 16.3 Å². The average Bonchev–Trinajstić information content (AvgIpc) is 3.12. The van der Waals surface area contributed by atoms with Gasteiger partial charge in [-0.1, -0.05) is 17.8 Å². The molecule has 9 heteroatoms. The van der Waals surface area contributed by atoms with Crippen LogP contribution in [0.25, 0.3) is 4.96 Å². The number of hydrogen-bond acceptors (Lipinski definition) is 5. The van der Waals surface area contributed by atoms with Gasteiger partial charge < -0.3 is 5.11 Å². The molecule has 138 valence electrons. The fourth-order valence-electron chi connectivity index (χ4n) is 3.46. The van der Waals surface area contributed by atoms with Crippen LogP contribution in [0.15, 0.2) is 12.1 Å². The third-order valence-electron chi connectivity index (χ3n) is 4.63. The van der Waals surface area contributed by atoms with Crippen LogP contribution in [0.1, 0.15) is 41.6 Å². The fraction of sp³-hybridized carbons (Fsp3) is 0.412. The summed E-state index contributed by atoms with van der Waals surface area (Å²) < 4.78 is 42.5. The van der Waals surface area contributed by atoms with Gasteiger partial charge in [-0.05, 0) is 50.6 Å². The highest BCUT2D eigenvalue weighted by Gasteiger charge is 2.31. The second-order valence-electron chi connectivity index (χ2n) is 6.44. The standard InChI is InChI=1S/C17H17F3N4OS/c1-9-21-17-24(22-9)16(25)15(26-17)14(23-5-3-2-4-6-23)10-7-11(18)13(20)12(19)8-10/h7-8,14,25H,2-6H2,1H3. The molecule has 1 aliphatic rings. The number of piperidine rings is 1. The molecule has 5 nitrogen and oxygen atoms in total. The van der Waals surface area contributed by atoms with Crippen molar-refractivity contribution in [3.63, 3.8) is 0 Å². The molecule has 4 rings (SSSR count). The van der Waals surface area contributed by atoms with Crippen LogP contribution < -0.4 is 0 Å². The minimum atomic E-state index is -1.49. The number of benzene rings is 1. The summed E-state index contributed by atoms with van der Waals surface area (Å²) in [6.07, 6.45) is 2.97. The van der Waals surface area contributed by atoms with Crippen molar-refractivity contribution in [2.45, 2.75) is 32.2 Å². The third-order valence-corrected chi connectivity index (χ3v) is 5.70. The third kappa shape index (κ3) is 2.84. The van der Waals surface area contributed by atoms with Gasteiger partial charge in [-0.15, -0.1) is 5.10 Å². The average molecular weight is 382 g/mol. The molecule has 0 spiro atoms. The van der Waals surface area contributed by atoms with Crippen LogP contribution in [-0.4, -0.2) is 37.7 Å². The van der Waals surface area contributed by atoms with Crippen LogP contribution in [0.2, 0.25) is 0 Å². The van der Waals surface area contributed by atoms with E-state index in [1.54, 1.807) is 6.92 Å². The van der Waals surface area contributed by atoms with Crippen molar-refractivity contribution in [3.8, 4) is 5.88 Å². The Labute approximate surface area is 151 Å². The molecule has 3 heterocycles. The second kappa shape index (κ2) is 6.55. The predicted molar refractivity (Wildman–Crippen MR) is 90.8 cm³/mol. The van der Waals surface area contributed by atoms with Crippen molar-refractivity contribution in [2.24, 2.45) is 0 Å². The first kappa shape index (κ1) is 17.3. The molecule has 1 fully saturated rings. The van der Waals surface area contributed by atoms with Crippen LogP contribution >= 0.6 is 11.3 Å². The Morgan fingerprint density at radius 2 is 1.77 bits per heavy atom. The molecule has 2 aromatic heterocycles. The number of aromatic hydroxyl groups is 1. The highest BCUT2D eigenvalue weighted by Crippen LogP contribution is 2.41. The number of halogens is 3. The van der Waals surface area contributed by atoms with E-state index in [0.717, 1.165) is 44.5 Å². The maximum absolute atomic E-state index is 13.9. The Morgan fingerprint density at radius 3 is 2.38 bits per heavy atom. The Morgan fingerprint density at radius 1 is 1.12 bits per heavy atom. The van der Waals surface area contributed by atoms with Gasteiger partial charge >= 0.3 is 0 Å². The zero-order valence-electron chi connectivity index (χ0n) is 14.0. The van der Waals surface area contributed by atoms with E-state index < -0.39 is 23.5 Å². The number of thiazole rings is 1. The minimum absolute atomic E-state index is 0.105. The van der Waals surface area contributed by atoms with E-state index >= 15 is 0 Å². The molecule has 1 N–H and O–H groups in total. The Balaban J connectivity index is 1.87. The summed E-state index contributed by atoms with van der Waals surface area (Å²) in [5.41, 5.74) is 0.264. The SMILES string of the molecule is Cc1nc2sc(C(c3cc(F)c(F)c(F)c3)N3CCCCC3)c(O)n2n1. The van der Waals surface area contributed by atoms with Crippen molar-refractivity contribution in [1.82, 2.24) is 19.5 Å². The Kier molecular flexibility index (Phi) is 4.36. The summed E-state index contributed by atoms with van der Waals surface area (Å²) in [7, 11) is 0. The minimum Gasteiger partial charge on any atom is -0.492 e. The molecule has 0 radical (unpaired) electrons. The van der Waals surface area contributed by atoms with Gasteiger partial charge in [0.1, 0.15) is 5.82 Å². The van der Waals surface area contributed by atoms with E-state index in [1.165, 1.54) is 15.9 Å². The highest BCUT2D eigenvalue weighted by molar-refractivity contribution is 7.17. The Hall–Kier alpha value is -2.13. The Bertz CT molecular complexity index is 941. The first-order chi connectivity index (χ1) is 12.5. The molecule has 1 atom stereocenters. The first-order valence-corrected chi connectivity index (χ1v) is 9.21. The molecule has 26 heavy (non-hydrogen) atoms. The van der Waals surface area contributed by atoms with Crippen LogP contribution in [0.3, 0.4) is 0 Å². The maximum atomic E-state index is 13.9. The fourth-order valence-corrected chi connectivity index (χ4v) is 4.63. The normalized spacial score (nSPS) is 17.1. The molecule has 1 aliphatic heterocycles. The summed E-state index contributed by atoms with van der Waals surface area (Å²) in [6, 6.07) is 1.41. The van der Waals surface area contributed by atoms with Gasteiger partial charge in [-0.25, -0.2) is 18.2 Å². The number of aromatic nitrogens is 3. The number of likely N-dealkylation sites (tertiary alicyclic amines) is 1. The number of hydrogen-bond donors (Lipinski definition) is 1. The van der Waals surface area contributed by atoms with Crippen LogP contribution in [0.5, 0.6) is 5.88 Å². The molecule has 1 aromatic carbocycles. The molecular formula is C17H17F3N4OS. The summed E-state index contributed by atoms with van der Waals surface area (Å²) >= 11 is 1.22. The first-order valence-electron chi connectivity index (χ1n) is 8.39. The monoisotopic (exact) mass is 382 g/mol. The van der Waals surface area contributed by atoms with Gasteiger partial charge in [-0.3, -0.25) is 4.90 Å². The van der Waals surface area contributed by atoms with E-state index in [4.69, 9.17) is 0 Å². The molecule has 0 aliphatic carbocycles. The van der Waals surface area contributed by atoms with Gasteiger partial charge in [-0.2, -0.15) is 4.52 Å². The van der Waals surface area contributed by atoms with Crippen LogP contribution in [0, 0.1) is 24.4 Å². The predicted octanol–water partition coefficient (Wildman–Crippen LogP) is 3.80. The van der Waals surface area contributed by atoms with Crippen molar-refractivity contribution < 1.29 is 18.3 Å². The van der Waals surface area contributed by atoms with Gasteiger partial charge in [0.15, 0.2) is 17.5 Å². The van der Waals surface area contributed by atoms with Gasteiger partial charge in [0, 0.05) is 0 Å². The quantitative estimate of drug-likeness (QED) is 0.700. The molecule has 1 saturated heterocycles. The van der Waals surface area contributed by atoms with E-state index in [0.29, 0.717) is 15.7 Å². The highest BCUT2D eigenvalue weighted by atomic mass is 32.1. The number of aryl methyl sites for hydroxylation is 1. The zero-order chi connectivity index (χ0) is 18.4. The van der Waals surface area contributed by atoms with Gasteiger partial charge in [0.2, 0.25) is 10.8 Å². The smallest absolute Gasteiger partial charge is 0.230 e. The lowest BCUT2D eigenvalue weighted by Crippen LogP contribution is -2.34.